The quantitative estimate of drug-likeness (QED) is 0.279. The van der Waals surface area contributed by atoms with Crippen LogP contribution in [0.3, 0.4) is 0 Å². The molecular formula is C25H40N2. The zero-order valence-electron chi connectivity index (χ0n) is 17.5. The molecule has 0 unspecified atom stereocenters. The van der Waals surface area contributed by atoms with Gasteiger partial charge >= 0.3 is 0 Å². The summed E-state index contributed by atoms with van der Waals surface area (Å²) in [6.07, 6.45) is 23.7. The number of unbranched alkanes of at least 4 members (excludes halogenated alkanes) is 12. The maximum atomic E-state index is 4.57. The van der Waals surface area contributed by atoms with Crippen molar-refractivity contribution >= 4 is 0 Å². The molecule has 27 heavy (non-hydrogen) atoms. The Morgan fingerprint density at radius 2 is 1.26 bits per heavy atom. The number of rotatable bonds is 16. The van der Waals surface area contributed by atoms with Gasteiger partial charge in [-0.15, -0.1) is 0 Å². The van der Waals surface area contributed by atoms with Gasteiger partial charge < -0.3 is 4.57 Å². The lowest BCUT2D eigenvalue weighted by molar-refractivity contribution is 0.539. The molecule has 0 saturated carbocycles. The first kappa shape index (κ1) is 21.7. The Balaban J connectivity index is 1.41. The van der Waals surface area contributed by atoms with Crippen LogP contribution in [0.4, 0.5) is 0 Å². The third kappa shape index (κ3) is 10.4. The fraction of sp³-hybridized carbons (Fsp3) is 0.640. The second kappa shape index (κ2) is 14.5. The minimum absolute atomic E-state index is 0.923. The molecule has 0 N–H and O–H groups in total. The Bertz CT molecular complexity index is 573. The molecule has 0 bridgehead atoms. The molecule has 0 saturated heterocycles. The Labute approximate surface area is 167 Å². The summed E-state index contributed by atoms with van der Waals surface area (Å²) in [6, 6.07) is 10.6. The maximum absolute atomic E-state index is 4.57. The van der Waals surface area contributed by atoms with Crippen LogP contribution < -0.4 is 0 Å². The Kier molecular flexibility index (Phi) is 11.7. The van der Waals surface area contributed by atoms with Gasteiger partial charge in [0.25, 0.3) is 0 Å². The van der Waals surface area contributed by atoms with Gasteiger partial charge in [0.1, 0.15) is 0 Å². The topological polar surface area (TPSA) is 17.8 Å². The number of nitrogens with zero attached hydrogens (tertiary/aromatic N) is 2. The minimum Gasteiger partial charge on any atom is -0.333 e. The van der Waals surface area contributed by atoms with Crippen LogP contribution in [0.15, 0.2) is 42.9 Å². The SMILES string of the molecule is CCCCCCCCCCCCCCCc1cn(Cc2ccccc2)cn1. The van der Waals surface area contributed by atoms with E-state index in [0.29, 0.717) is 0 Å². The van der Waals surface area contributed by atoms with E-state index in [4.69, 9.17) is 0 Å². The van der Waals surface area contributed by atoms with Gasteiger partial charge in [-0.25, -0.2) is 4.98 Å². The summed E-state index contributed by atoms with van der Waals surface area (Å²) in [6.45, 7) is 3.21. The van der Waals surface area contributed by atoms with Crippen LogP contribution in [0.2, 0.25) is 0 Å². The van der Waals surface area contributed by atoms with Gasteiger partial charge in [0.05, 0.1) is 12.0 Å². The Morgan fingerprint density at radius 3 is 1.85 bits per heavy atom. The first-order valence-electron chi connectivity index (χ1n) is 11.4. The van der Waals surface area contributed by atoms with Crippen LogP contribution in [-0.4, -0.2) is 9.55 Å². The standard InChI is InChI=1S/C25H40N2/c1-2-3-4-5-6-7-8-9-10-11-12-13-17-20-25-22-27(23-26-25)21-24-18-15-14-16-19-24/h14-16,18-19,22-23H,2-13,17,20-21H2,1H3. The fourth-order valence-corrected chi connectivity index (χ4v) is 3.74. The average molecular weight is 369 g/mol. The van der Waals surface area contributed by atoms with Crippen molar-refractivity contribution in [3.05, 3.63) is 54.1 Å². The van der Waals surface area contributed by atoms with E-state index in [1.807, 2.05) is 6.33 Å². The van der Waals surface area contributed by atoms with Crippen molar-refractivity contribution in [1.82, 2.24) is 9.55 Å². The molecule has 2 nitrogen and oxygen atoms in total. The summed E-state index contributed by atoms with van der Waals surface area (Å²) in [5.74, 6) is 0. The molecule has 2 heteroatoms. The summed E-state index contributed by atoms with van der Waals surface area (Å²) in [7, 11) is 0. The van der Waals surface area contributed by atoms with Gasteiger partial charge in [-0.05, 0) is 18.4 Å². The van der Waals surface area contributed by atoms with Crippen LogP contribution in [-0.2, 0) is 13.0 Å². The molecule has 0 fully saturated rings. The van der Waals surface area contributed by atoms with Crippen molar-refractivity contribution in [3.8, 4) is 0 Å². The Morgan fingerprint density at radius 1 is 0.704 bits per heavy atom. The van der Waals surface area contributed by atoms with Crippen LogP contribution in [0, 0.1) is 0 Å². The molecular weight excluding hydrogens is 328 g/mol. The molecule has 0 aliphatic heterocycles. The van der Waals surface area contributed by atoms with Gasteiger partial charge in [0.2, 0.25) is 0 Å². The van der Waals surface area contributed by atoms with Crippen molar-refractivity contribution in [1.29, 1.82) is 0 Å². The van der Waals surface area contributed by atoms with Crippen molar-refractivity contribution in [2.24, 2.45) is 0 Å². The average Bonchev–Trinajstić information content (AvgIpc) is 3.13. The maximum Gasteiger partial charge on any atom is 0.0952 e. The van der Waals surface area contributed by atoms with Crippen LogP contribution in [0.1, 0.15) is 102 Å². The predicted octanol–water partition coefficient (Wildman–Crippen LogP) is 7.57. The molecule has 2 aromatic rings. The van der Waals surface area contributed by atoms with Crippen molar-refractivity contribution in [2.75, 3.05) is 0 Å². The first-order chi connectivity index (χ1) is 13.4. The minimum atomic E-state index is 0.923. The van der Waals surface area contributed by atoms with Gasteiger partial charge in [-0.3, -0.25) is 0 Å². The normalized spacial score (nSPS) is 11.1. The van der Waals surface area contributed by atoms with Crippen molar-refractivity contribution in [2.45, 2.75) is 103 Å². The van der Waals surface area contributed by atoms with Crippen molar-refractivity contribution < 1.29 is 0 Å². The number of benzene rings is 1. The molecule has 0 spiro atoms. The molecule has 1 aromatic carbocycles. The lowest BCUT2D eigenvalue weighted by Gasteiger charge is -2.03. The molecule has 2 rings (SSSR count). The predicted molar refractivity (Wildman–Crippen MR) is 117 cm³/mol. The van der Waals surface area contributed by atoms with Gasteiger partial charge in [-0.2, -0.15) is 0 Å². The van der Waals surface area contributed by atoms with Gasteiger partial charge in [0, 0.05) is 12.7 Å². The molecule has 0 radical (unpaired) electrons. The summed E-state index contributed by atoms with van der Waals surface area (Å²) in [5.41, 5.74) is 2.58. The third-order valence-corrected chi connectivity index (χ3v) is 5.43. The van der Waals surface area contributed by atoms with E-state index in [2.05, 4.69) is 53.0 Å². The van der Waals surface area contributed by atoms with Gasteiger partial charge in [0.15, 0.2) is 0 Å². The van der Waals surface area contributed by atoms with E-state index in [1.165, 1.54) is 94.7 Å². The van der Waals surface area contributed by atoms with E-state index in [9.17, 15) is 0 Å². The highest BCUT2D eigenvalue weighted by molar-refractivity contribution is 5.15. The van der Waals surface area contributed by atoms with E-state index in [-0.39, 0.29) is 0 Å². The first-order valence-corrected chi connectivity index (χ1v) is 11.4. The van der Waals surface area contributed by atoms with Crippen LogP contribution in [0.5, 0.6) is 0 Å². The molecule has 1 aromatic heterocycles. The number of hydrogen-bond donors (Lipinski definition) is 0. The van der Waals surface area contributed by atoms with E-state index in [1.54, 1.807) is 0 Å². The smallest absolute Gasteiger partial charge is 0.0952 e. The summed E-state index contributed by atoms with van der Waals surface area (Å²) >= 11 is 0. The van der Waals surface area contributed by atoms with E-state index in [0.717, 1.165) is 13.0 Å². The zero-order chi connectivity index (χ0) is 19.0. The number of aryl methyl sites for hydroxylation is 1. The second-order valence-corrected chi connectivity index (χ2v) is 8.02. The number of aromatic nitrogens is 2. The lowest BCUT2D eigenvalue weighted by Crippen LogP contribution is -1.95. The highest BCUT2D eigenvalue weighted by Gasteiger charge is 2.00. The molecule has 0 amide bonds. The second-order valence-electron chi connectivity index (χ2n) is 8.02. The monoisotopic (exact) mass is 368 g/mol. The highest BCUT2D eigenvalue weighted by atomic mass is 15.0. The van der Waals surface area contributed by atoms with Crippen LogP contribution >= 0.6 is 0 Å². The number of imidazole rings is 1. The molecule has 0 aliphatic carbocycles. The summed E-state index contributed by atoms with van der Waals surface area (Å²) in [5, 5.41) is 0. The third-order valence-electron chi connectivity index (χ3n) is 5.43. The Hall–Kier alpha value is -1.57. The zero-order valence-corrected chi connectivity index (χ0v) is 17.5. The molecule has 0 aliphatic rings. The van der Waals surface area contributed by atoms with E-state index < -0.39 is 0 Å². The summed E-state index contributed by atoms with van der Waals surface area (Å²) < 4.78 is 2.20. The molecule has 0 atom stereocenters. The molecule has 150 valence electrons. The fourth-order valence-electron chi connectivity index (χ4n) is 3.74. The van der Waals surface area contributed by atoms with Gasteiger partial charge in [-0.1, -0.05) is 114 Å². The summed E-state index contributed by atoms with van der Waals surface area (Å²) in [4.78, 5) is 4.57. The van der Waals surface area contributed by atoms with E-state index >= 15 is 0 Å². The van der Waals surface area contributed by atoms with Crippen molar-refractivity contribution in [3.63, 3.8) is 0 Å². The largest absolute Gasteiger partial charge is 0.333 e. The number of hydrogen-bond acceptors (Lipinski definition) is 1. The highest BCUT2D eigenvalue weighted by Crippen LogP contribution is 2.13. The van der Waals surface area contributed by atoms with Crippen LogP contribution in [0.25, 0.3) is 0 Å². The lowest BCUT2D eigenvalue weighted by atomic mass is 10.0. The molecule has 1 heterocycles.